The average molecular weight is 216 g/mol. The van der Waals surface area contributed by atoms with E-state index in [2.05, 4.69) is 10.6 Å². The molecule has 4 heteroatoms. The minimum absolute atomic E-state index is 0.0761. The lowest BCUT2D eigenvalue weighted by Gasteiger charge is -2.05. The SMILES string of the molecule is CCCNC(=O)CNCCCCCCO. The van der Waals surface area contributed by atoms with E-state index in [9.17, 15) is 4.79 Å². The fourth-order valence-corrected chi connectivity index (χ4v) is 1.24. The lowest BCUT2D eigenvalue weighted by molar-refractivity contribution is -0.120. The van der Waals surface area contributed by atoms with Crippen LogP contribution < -0.4 is 10.6 Å². The van der Waals surface area contributed by atoms with Gasteiger partial charge in [0.25, 0.3) is 0 Å². The number of hydrogen-bond donors (Lipinski definition) is 3. The molecular formula is C11H24N2O2. The van der Waals surface area contributed by atoms with Crippen LogP contribution in [0.1, 0.15) is 39.0 Å². The molecule has 0 aliphatic rings. The molecular weight excluding hydrogens is 192 g/mol. The van der Waals surface area contributed by atoms with Crippen LogP contribution in [-0.4, -0.2) is 37.3 Å². The standard InChI is InChI=1S/C11H24N2O2/c1-2-7-13-11(15)10-12-8-5-3-4-6-9-14/h12,14H,2-10H2,1H3,(H,13,15). The number of aliphatic hydroxyl groups excluding tert-OH is 1. The predicted octanol–water partition coefficient (Wildman–Crippen LogP) is 0.655. The van der Waals surface area contributed by atoms with Crippen molar-refractivity contribution in [3.63, 3.8) is 0 Å². The molecule has 0 aromatic carbocycles. The van der Waals surface area contributed by atoms with Gasteiger partial charge in [-0.1, -0.05) is 19.8 Å². The first-order valence-corrected chi connectivity index (χ1v) is 5.89. The Bertz CT molecular complexity index is 152. The summed E-state index contributed by atoms with van der Waals surface area (Å²) in [5, 5.41) is 14.5. The normalized spacial score (nSPS) is 10.3. The van der Waals surface area contributed by atoms with E-state index in [4.69, 9.17) is 5.11 Å². The largest absolute Gasteiger partial charge is 0.396 e. The molecule has 3 N–H and O–H groups in total. The van der Waals surface area contributed by atoms with Crippen LogP contribution >= 0.6 is 0 Å². The van der Waals surface area contributed by atoms with Crippen LogP contribution in [0.5, 0.6) is 0 Å². The highest BCUT2D eigenvalue weighted by Crippen LogP contribution is 1.97. The molecule has 0 radical (unpaired) electrons. The molecule has 1 amide bonds. The Morgan fingerprint density at radius 1 is 1.13 bits per heavy atom. The number of aliphatic hydroxyl groups is 1. The van der Waals surface area contributed by atoms with Gasteiger partial charge in [-0.15, -0.1) is 0 Å². The van der Waals surface area contributed by atoms with Gasteiger partial charge in [0.1, 0.15) is 0 Å². The maximum absolute atomic E-state index is 11.1. The Morgan fingerprint density at radius 3 is 2.53 bits per heavy atom. The van der Waals surface area contributed by atoms with Crippen molar-refractivity contribution >= 4 is 5.91 Å². The number of carbonyl (C=O) groups excluding carboxylic acids is 1. The third kappa shape index (κ3) is 11.3. The van der Waals surface area contributed by atoms with Crippen molar-refractivity contribution in [2.24, 2.45) is 0 Å². The molecule has 0 aliphatic heterocycles. The summed E-state index contributed by atoms with van der Waals surface area (Å²) >= 11 is 0. The molecule has 0 fully saturated rings. The van der Waals surface area contributed by atoms with E-state index in [1.54, 1.807) is 0 Å². The van der Waals surface area contributed by atoms with Gasteiger partial charge in [-0.2, -0.15) is 0 Å². The number of unbranched alkanes of at least 4 members (excludes halogenated alkanes) is 3. The van der Waals surface area contributed by atoms with Crippen molar-refractivity contribution in [1.29, 1.82) is 0 Å². The first-order valence-electron chi connectivity index (χ1n) is 5.89. The van der Waals surface area contributed by atoms with E-state index >= 15 is 0 Å². The maximum Gasteiger partial charge on any atom is 0.233 e. The highest BCUT2D eigenvalue weighted by atomic mass is 16.2. The molecule has 0 aromatic heterocycles. The van der Waals surface area contributed by atoms with Gasteiger partial charge in [-0.25, -0.2) is 0 Å². The van der Waals surface area contributed by atoms with Crippen LogP contribution in [0.3, 0.4) is 0 Å². The second kappa shape index (κ2) is 11.5. The minimum Gasteiger partial charge on any atom is -0.396 e. The highest BCUT2D eigenvalue weighted by Gasteiger charge is 1.97. The number of carbonyl (C=O) groups is 1. The summed E-state index contributed by atoms with van der Waals surface area (Å²) in [4.78, 5) is 11.1. The summed E-state index contributed by atoms with van der Waals surface area (Å²) in [7, 11) is 0. The Kier molecular flexibility index (Phi) is 11.0. The van der Waals surface area contributed by atoms with Crippen LogP contribution in [0.4, 0.5) is 0 Å². The van der Waals surface area contributed by atoms with Crippen molar-refractivity contribution in [3.05, 3.63) is 0 Å². The van der Waals surface area contributed by atoms with Gasteiger partial charge >= 0.3 is 0 Å². The molecule has 0 bridgehead atoms. The van der Waals surface area contributed by atoms with E-state index in [1.807, 2.05) is 6.92 Å². The van der Waals surface area contributed by atoms with Gasteiger partial charge in [0.2, 0.25) is 5.91 Å². The third-order valence-electron chi connectivity index (χ3n) is 2.12. The average Bonchev–Trinajstić information content (AvgIpc) is 2.25. The van der Waals surface area contributed by atoms with Gasteiger partial charge < -0.3 is 15.7 Å². The summed E-state index contributed by atoms with van der Waals surface area (Å²) in [6.07, 6.45) is 5.12. The van der Waals surface area contributed by atoms with E-state index < -0.39 is 0 Å². The molecule has 0 unspecified atom stereocenters. The maximum atomic E-state index is 11.1. The van der Waals surface area contributed by atoms with Crippen LogP contribution in [0, 0.1) is 0 Å². The lowest BCUT2D eigenvalue weighted by Crippen LogP contribution is -2.34. The monoisotopic (exact) mass is 216 g/mol. The smallest absolute Gasteiger partial charge is 0.233 e. The number of nitrogens with one attached hydrogen (secondary N) is 2. The molecule has 0 aliphatic carbocycles. The highest BCUT2D eigenvalue weighted by molar-refractivity contribution is 5.77. The molecule has 0 rings (SSSR count). The second-order valence-corrected chi connectivity index (χ2v) is 3.66. The zero-order valence-corrected chi connectivity index (χ0v) is 9.72. The first kappa shape index (κ1) is 14.4. The van der Waals surface area contributed by atoms with Crippen molar-refractivity contribution in [2.75, 3.05) is 26.2 Å². The van der Waals surface area contributed by atoms with E-state index in [0.29, 0.717) is 6.54 Å². The Hall–Kier alpha value is -0.610. The lowest BCUT2D eigenvalue weighted by atomic mass is 10.2. The topological polar surface area (TPSA) is 61.4 Å². The zero-order chi connectivity index (χ0) is 11.4. The second-order valence-electron chi connectivity index (χ2n) is 3.66. The van der Waals surface area contributed by atoms with E-state index in [-0.39, 0.29) is 12.5 Å². The van der Waals surface area contributed by atoms with E-state index in [1.165, 1.54) is 0 Å². The molecule has 0 saturated heterocycles. The molecule has 15 heavy (non-hydrogen) atoms. The molecule has 0 atom stereocenters. The van der Waals surface area contributed by atoms with Gasteiger partial charge in [-0.3, -0.25) is 4.79 Å². The molecule has 0 heterocycles. The molecule has 4 nitrogen and oxygen atoms in total. The zero-order valence-electron chi connectivity index (χ0n) is 9.72. The molecule has 90 valence electrons. The predicted molar refractivity (Wildman–Crippen MR) is 61.7 cm³/mol. The molecule has 0 aromatic rings. The van der Waals surface area contributed by atoms with Crippen molar-refractivity contribution in [3.8, 4) is 0 Å². The summed E-state index contributed by atoms with van der Waals surface area (Å²) in [6, 6.07) is 0. The van der Waals surface area contributed by atoms with Gasteiger partial charge in [0.05, 0.1) is 6.54 Å². The third-order valence-corrected chi connectivity index (χ3v) is 2.12. The van der Waals surface area contributed by atoms with Crippen molar-refractivity contribution < 1.29 is 9.90 Å². The Balaban J connectivity index is 3.06. The van der Waals surface area contributed by atoms with Crippen LogP contribution in [-0.2, 0) is 4.79 Å². The van der Waals surface area contributed by atoms with Crippen molar-refractivity contribution in [2.45, 2.75) is 39.0 Å². The molecule has 0 saturated carbocycles. The summed E-state index contributed by atoms with van der Waals surface area (Å²) in [5.41, 5.74) is 0. The first-order chi connectivity index (χ1) is 7.31. The van der Waals surface area contributed by atoms with Crippen LogP contribution in [0.15, 0.2) is 0 Å². The van der Waals surface area contributed by atoms with Gasteiger partial charge in [0.15, 0.2) is 0 Å². The number of rotatable bonds is 10. The van der Waals surface area contributed by atoms with Gasteiger partial charge in [-0.05, 0) is 25.8 Å². The number of amides is 1. The quantitative estimate of drug-likeness (QED) is 0.470. The van der Waals surface area contributed by atoms with Crippen LogP contribution in [0.2, 0.25) is 0 Å². The Morgan fingerprint density at radius 2 is 1.87 bits per heavy atom. The summed E-state index contributed by atoms with van der Waals surface area (Å²) < 4.78 is 0. The molecule has 0 spiro atoms. The summed E-state index contributed by atoms with van der Waals surface area (Å²) in [6.45, 7) is 4.38. The fourth-order valence-electron chi connectivity index (χ4n) is 1.24. The van der Waals surface area contributed by atoms with Crippen LogP contribution in [0.25, 0.3) is 0 Å². The summed E-state index contributed by atoms with van der Waals surface area (Å²) in [5.74, 6) is 0.0761. The van der Waals surface area contributed by atoms with Crippen molar-refractivity contribution in [1.82, 2.24) is 10.6 Å². The van der Waals surface area contributed by atoms with Gasteiger partial charge in [0, 0.05) is 13.2 Å². The minimum atomic E-state index is 0.0761. The fraction of sp³-hybridized carbons (Fsp3) is 0.909. The van der Waals surface area contributed by atoms with E-state index in [0.717, 1.165) is 45.2 Å². The Labute approximate surface area is 92.4 Å². The number of hydrogen-bond acceptors (Lipinski definition) is 3.